The summed E-state index contributed by atoms with van der Waals surface area (Å²) in [6.45, 7) is -0.0385. The van der Waals surface area contributed by atoms with E-state index in [0.717, 1.165) is 0 Å². The molecule has 0 atom stereocenters. The van der Waals surface area contributed by atoms with Crippen LogP contribution in [-0.2, 0) is 11.4 Å². The van der Waals surface area contributed by atoms with Crippen LogP contribution in [0.3, 0.4) is 0 Å². The van der Waals surface area contributed by atoms with Gasteiger partial charge in [-0.15, -0.1) is 0 Å². The van der Waals surface area contributed by atoms with Crippen molar-refractivity contribution in [1.82, 2.24) is 0 Å². The highest BCUT2D eigenvalue weighted by atomic mass is 35.5. The number of ether oxygens (including phenoxy) is 2. The molecule has 1 saturated heterocycles. The molecule has 3 aromatic rings. The lowest BCUT2D eigenvalue weighted by molar-refractivity contribution is -0.113. The molecular weight excluding hydrogens is 469 g/mol. The molecule has 8 heteroatoms. The van der Waals surface area contributed by atoms with Gasteiger partial charge in [0.15, 0.2) is 4.32 Å². The zero-order valence-corrected chi connectivity index (χ0v) is 19.3. The van der Waals surface area contributed by atoms with Crippen molar-refractivity contribution in [2.45, 2.75) is 6.61 Å². The van der Waals surface area contributed by atoms with Gasteiger partial charge < -0.3 is 9.47 Å². The van der Waals surface area contributed by atoms with Crippen LogP contribution in [-0.4, -0.2) is 17.3 Å². The number of halogens is 2. The van der Waals surface area contributed by atoms with E-state index in [2.05, 4.69) is 0 Å². The van der Waals surface area contributed by atoms with E-state index in [1.807, 2.05) is 12.1 Å². The van der Waals surface area contributed by atoms with Crippen molar-refractivity contribution in [3.05, 3.63) is 93.6 Å². The number of carbonyl (C=O) groups excluding carboxylic acids is 1. The number of para-hydroxylation sites is 1. The minimum absolute atomic E-state index is 0.0385. The van der Waals surface area contributed by atoms with Gasteiger partial charge in [0.25, 0.3) is 5.91 Å². The van der Waals surface area contributed by atoms with Crippen molar-refractivity contribution in [1.29, 1.82) is 0 Å². The number of anilines is 1. The average Bonchev–Trinajstić information content (AvgIpc) is 3.07. The molecule has 162 valence electrons. The summed E-state index contributed by atoms with van der Waals surface area (Å²) in [5.74, 6) is 0.532. The van der Waals surface area contributed by atoms with Gasteiger partial charge in [-0.05, 0) is 48.5 Å². The molecule has 32 heavy (non-hydrogen) atoms. The molecule has 0 saturated carbocycles. The third-order valence-electron chi connectivity index (χ3n) is 4.76. The number of thioether (sulfide) groups is 1. The normalized spacial score (nSPS) is 14.8. The second-order valence-electron chi connectivity index (χ2n) is 6.74. The van der Waals surface area contributed by atoms with Gasteiger partial charge in [-0.1, -0.05) is 59.8 Å². The van der Waals surface area contributed by atoms with Gasteiger partial charge in [0.2, 0.25) is 0 Å². The number of hydrogen-bond acceptors (Lipinski definition) is 5. The molecule has 1 aliphatic rings. The molecular formula is C24H17ClFNO3S2. The fraction of sp³-hybridized carbons (Fsp3) is 0.0833. The van der Waals surface area contributed by atoms with E-state index in [1.54, 1.807) is 61.7 Å². The largest absolute Gasteiger partial charge is 0.497 e. The predicted molar refractivity (Wildman–Crippen MR) is 131 cm³/mol. The van der Waals surface area contributed by atoms with E-state index in [9.17, 15) is 9.18 Å². The summed E-state index contributed by atoms with van der Waals surface area (Å²) >= 11 is 12.7. The van der Waals surface area contributed by atoms with Crippen LogP contribution in [0, 0.1) is 5.82 Å². The topological polar surface area (TPSA) is 38.8 Å². The fourth-order valence-corrected chi connectivity index (χ4v) is 4.62. The highest BCUT2D eigenvalue weighted by Gasteiger charge is 2.33. The maximum atomic E-state index is 14.1. The van der Waals surface area contributed by atoms with Crippen LogP contribution in [0.4, 0.5) is 10.1 Å². The van der Waals surface area contributed by atoms with Crippen molar-refractivity contribution < 1.29 is 18.7 Å². The Hall–Kier alpha value is -2.87. The summed E-state index contributed by atoms with van der Waals surface area (Å²) in [7, 11) is 1.58. The number of hydrogen-bond donors (Lipinski definition) is 0. The van der Waals surface area contributed by atoms with Crippen molar-refractivity contribution >= 4 is 57.6 Å². The molecule has 1 amide bonds. The monoisotopic (exact) mass is 485 g/mol. The molecule has 0 bridgehead atoms. The van der Waals surface area contributed by atoms with Gasteiger partial charge >= 0.3 is 0 Å². The lowest BCUT2D eigenvalue weighted by Crippen LogP contribution is -2.27. The first-order valence-electron chi connectivity index (χ1n) is 9.54. The molecule has 1 aliphatic heterocycles. The molecule has 1 heterocycles. The van der Waals surface area contributed by atoms with Crippen molar-refractivity contribution in [3.63, 3.8) is 0 Å². The minimum atomic E-state index is -0.435. The highest BCUT2D eigenvalue weighted by Crippen LogP contribution is 2.37. The smallest absolute Gasteiger partial charge is 0.270 e. The third-order valence-corrected chi connectivity index (χ3v) is 6.42. The molecule has 3 aromatic carbocycles. The quantitative estimate of drug-likeness (QED) is 0.295. The molecule has 0 aromatic heterocycles. The van der Waals surface area contributed by atoms with Gasteiger partial charge in [0, 0.05) is 11.1 Å². The molecule has 0 radical (unpaired) electrons. The lowest BCUT2D eigenvalue weighted by Gasteiger charge is -2.14. The first-order valence-corrected chi connectivity index (χ1v) is 11.1. The third kappa shape index (κ3) is 4.65. The summed E-state index contributed by atoms with van der Waals surface area (Å²) in [6, 6.07) is 18.8. The summed E-state index contributed by atoms with van der Waals surface area (Å²) < 4.78 is 25.5. The predicted octanol–water partition coefficient (Wildman–Crippen LogP) is 6.47. The standard InChI is InChI=1S/C24H17ClFNO3S2/c1-29-17-11-9-16(10-12-17)27-23(28)22(32-24(27)31)13-15-5-2-3-8-21(15)30-14-18-19(25)6-4-7-20(18)26/h2-13H,14H2,1H3. The van der Waals surface area contributed by atoms with Gasteiger partial charge in [0.1, 0.15) is 23.9 Å². The Balaban J connectivity index is 1.57. The SMILES string of the molecule is COc1ccc(N2C(=O)C(=Cc3ccccc3OCc3c(F)cccc3Cl)SC2=S)cc1. The van der Waals surface area contributed by atoms with Crippen LogP contribution in [0.5, 0.6) is 11.5 Å². The van der Waals surface area contributed by atoms with Gasteiger partial charge in [-0.25, -0.2) is 4.39 Å². The summed E-state index contributed by atoms with van der Waals surface area (Å²) in [4.78, 5) is 15.0. The fourth-order valence-electron chi connectivity index (χ4n) is 3.11. The van der Waals surface area contributed by atoms with E-state index in [1.165, 1.54) is 22.7 Å². The Labute approximate surface area is 199 Å². The second kappa shape index (κ2) is 9.73. The number of benzene rings is 3. The van der Waals surface area contributed by atoms with Crippen LogP contribution in [0.25, 0.3) is 6.08 Å². The molecule has 4 nitrogen and oxygen atoms in total. The van der Waals surface area contributed by atoms with Gasteiger partial charge in [0.05, 0.1) is 22.7 Å². The second-order valence-corrected chi connectivity index (χ2v) is 8.82. The zero-order valence-electron chi connectivity index (χ0n) is 16.9. The van der Waals surface area contributed by atoms with Crippen LogP contribution < -0.4 is 14.4 Å². The molecule has 0 aliphatic carbocycles. The minimum Gasteiger partial charge on any atom is -0.497 e. The Morgan fingerprint density at radius 3 is 2.56 bits per heavy atom. The maximum absolute atomic E-state index is 14.1. The number of carbonyl (C=O) groups is 1. The molecule has 0 N–H and O–H groups in total. The molecule has 0 spiro atoms. The van der Waals surface area contributed by atoms with Crippen LogP contribution in [0.15, 0.2) is 71.6 Å². The first kappa shape index (κ1) is 22.3. The van der Waals surface area contributed by atoms with Crippen molar-refractivity contribution in [3.8, 4) is 11.5 Å². The van der Waals surface area contributed by atoms with E-state index < -0.39 is 5.82 Å². The lowest BCUT2D eigenvalue weighted by atomic mass is 10.1. The first-order chi connectivity index (χ1) is 15.5. The van der Waals surface area contributed by atoms with Crippen LogP contribution in [0.1, 0.15) is 11.1 Å². The van der Waals surface area contributed by atoms with E-state index in [-0.39, 0.29) is 18.1 Å². The summed E-state index contributed by atoms with van der Waals surface area (Å²) in [5.41, 5.74) is 1.61. The number of thiocarbonyl (C=S) groups is 1. The summed E-state index contributed by atoms with van der Waals surface area (Å²) in [6.07, 6.45) is 1.72. The Kier molecular flexibility index (Phi) is 6.79. The number of nitrogens with zero attached hydrogens (tertiary/aromatic N) is 1. The highest BCUT2D eigenvalue weighted by molar-refractivity contribution is 8.27. The number of amides is 1. The van der Waals surface area contributed by atoms with Crippen molar-refractivity contribution in [2.24, 2.45) is 0 Å². The average molecular weight is 486 g/mol. The Bertz CT molecular complexity index is 1190. The van der Waals surface area contributed by atoms with E-state index >= 15 is 0 Å². The molecule has 1 fully saturated rings. The Morgan fingerprint density at radius 2 is 1.84 bits per heavy atom. The number of rotatable bonds is 6. The van der Waals surface area contributed by atoms with Crippen LogP contribution >= 0.6 is 35.6 Å². The molecule has 4 rings (SSSR count). The summed E-state index contributed by atoms with van der Waals surface area (Å²) in [5, 5.41) is 0.294. The van der Waals surface area contributed by atoms with Crippen molar-refractivity contribution in [2.75, 3.05) is 12.0 Å². The van der Waals surface area contributed by atoms with E-state index in [4.69, 9.17) is 33.3 Å². The zero-order chi connectivity index (χ0) is 22.7. The van der Waals surface area contributed by atoms with Gasteiger partial charge in [-0.2, -0.15) is 0 Å². The van der Waals surface area contributed by atoms with Crippen LogP contribution in [0.2, 0.25) is 5.02 Å². The molecule has 0 unspecified atom stereocenters. The maximum Gasteiger partial charge on any atom is 0.270 e. The Morgan fingerprint density at radius 1 is 1.09 bits per heavy atom. The number of methoxy groups -OCH3 is 1. The van der Waals surface area contributed by atoms with Gasteiger partial charge in [-0.3, -0.25) is 9.69 Å². The van der Waals surface area contributed by atoms with E-state index in [0.29, 0.717) is 37.0 Å².